The van der Waals surface area contributed by atoms with Crippen molar-refractivity contribution in [1.29, 1.82) is 0 Å². The molecule has 0 aromatic heterocycles. The van der Waals surface area contributed by atoms with Gasteiger partial charge in [0.25, 0.3) is 0 Å². The van der Waals surface area contributed by atoms with Gasteiger partial charge in [-0.05, 0) is 31.9 Å². The van der Waals surface area contributed by atoms with Crippen molar-refractivity contribution in [1.82, 2.24) is 4.31 Å². The fraction of sp³-hybridized carbons (Fsp3) is 0.462. The van der Waals surface area contributed by atoms with Crippen LogP contribution in [-0.2, 0) is 14.8 Å². The smallest absolute Gasteiger partial charge is 0.243 e. The monoisotopic (exact) mass is 299 g/mol. The number of carbonyl (C=O) groups excluding carboxylic acids is 1. The van der Waals surface area contributed by atoms with Gasteiger partial charge in [0.2, 0.25) is 15.1 Å². The summed E-state index contributed by atoms with van der Waals surface area (Å²) in [5.41, 5.74) is 0.999. The minimum absolute atomic E-state index is 0.236. The molecule has 0 saturated carbocycles. The van der Waals surface area contributed by atoms with Gasteiger partial charge in [0.05, 0.1) is 10.9 Å². The molecule has 2 rings (SSSR count). The maximum absolute atomic E-state index is 12.6. The van der Waals surface area contributed by atoms with E-state index >= 15 is 0 Å². The average Bonchev–Trinajstić information content (AvgIpc) is 2.39. The first-order valence-electron chi connectivity index (χ1n) is 6.24. The number of piperidine rings is 1. The Morgan fingerprint density at radius 1 is 1.26 bits per heavy atom. The van der Waals surface area contributed by atoms with Crippen molar-refractivity contribution < 1.29 is 13.2 Å². The van der Waals surface area contributed by atoms with E-state index in [2.05, 4.69) is 12.6 Å². The van der Waals surface area contributed by atoms with E-state index < -0.39 is 16.1 Å². The molecule has 0 N–H and O–H groups in total. The van der Waals surface area contributed by atoms with Gasteiger partial charge in [-0.2, -0.15) is 4.31 Å². The van der Waals surface area contributed by atoms with Gasteiger partial charge >= 0.3 is 0 Å². The molecule has 1 aliphatic rings. The van der Waals surface area contributed by atoms with Crippen LogP contribution in [0.4, 0.5) is 0 Å². The lowest BCUT2D eigenvalue weighted by atomic mass is 10.1. The number of sulfonamides is 1. The molecule has 1 saturated heterocycles. The minimum Gasteiger partial charge on any atom is -0.286 e. The second kappa shape index (κ2) is 5.64. The highest BCUT2D eigenvalue weighted by Gasteiger charge is 2.36. The van der Waals surface area contributed by atoms with E-state index in [-0.39, 0.29) is 10.0 Å². The van der Waals surface area contributed by atoms with Crippen LogP contribution < -0.4 is 0 Å². The normalized spacial score (nSPS) is 21.3. The first-order chi connectivity index (χ1) is 8.93. The zero-order chi connectivity index (χ0) is 14.0. The highest BCUT2D eigenvalue weighted by Crippen LogP contribution is 2.26. The summed E-state index contributed by atoms with van der Waals surface area (Å²) in [6.45, 7) is 2.28. The number of hydrogen-bond donors (Lipinski definition) is 1. The summed E-state index contributed by atoms with van der Waals surface area (Å²) in [6.07, 6.45) is 2.19. The van der Waals surface area contributed by atoms with Gasteiger partial charge < -0.3 is 0 Å². The standard InChI is InChI=1S/C13H17NO3S2/c1-10-5-7-11(8-6-10)19(16,17)14-9-3-2-4-12(14)13(15)18/h5-8,12H,2-4,9H2,1H3,(H,15,18). The molecule has 1 fully saturated rings. The van der Waals surface area contributed by atoms with Crippen LogP contribution in [0.15, 0.2) is 29.2 Å². The SMILES string of the molecule is Cc1ccc(S(=O)(=O)N2CCCCC2C(=O)S)cc1. The number of nitrogens with zero attached hydrogens (tertiary/aromatic N) is 1. The fourth-order valence-corrected chi connectivity index (χ4v) is 4.29. The summed E-state index contributed by atoms with van der Waals surface area (Å²) in [7, 11) is -3.61. The molecule has 1 aliphatic heterocycles. The van der Waals surface area contributed by atoms with Gasteiger partial charge in [-0.25, -0.2) is 8.42 Å². The molecule has 0 bridgehead atoms. The molecule has 104 valence electrons. The Labute approximate surface area is 119 Å². The first-order valence-corrected chi connectivity index (χ1v) is 8.13. The summed E-state index contributed by atoms with van der Waals surface area (Å²) >= 11 is 3.82. The van der Waals surface area contributed by atoms with Crippen LogP contribution in [0.5, 0.6) is 0 Å². The number of rotatable bonds is 3. The minimum atomic E-state index is -3.61. The molecular formula is C13H17NO3S2. The van der Waals surface area contributed by atoms with Gasteiger partial charge in [0.1, 0.15) is 0 Å². The quantitative estimate of drug-likeness (QED) is 0.869. The van der Waals surface area contributed by atoms with Gasteiger partial charge in [-0.3, -0.25) is 4.79 Å². The van der Waals surface area contributed by atoms with E-state index in [0.29, 0.717) is 13.0 Å². The first kappa shape index (κ1) is 14.6. The molecule has 1 aromatic rings. The average molecular weight is 299 g/mol. The third-order valence-electron chi connectivity index (χ3n) is 3.37. The second-order valence-electron chi connectivity index (χ2n) is 4.78. The van der Waals surface area contributed by atoms with E-state index in [1.165, 1.54) is 4.31 Å². The second-order valence-corrected chi connectivity index (χ2v) is 7.11. The summed E-state index contributed by atoms with van der Waals surface area (Å²) in [6, 6.07) is 6.05. The van der Waals surface area contributed by atoms with Crippen LogP contribution in [-0.4, -0.2) is 30.4 Å². The van der Waals surface area contributed by atoms with Crippen LogP contribution >= 0.6 is 12.6 Å². The van der Waals surface area contributed by atoms with Gasteiger partial charge in [0.15, 0.2) is 0 Å². The highest BCUT2D eigenvalue weighted by molar-refractivity contribution is 7.97. The fourth-order valence-electron chi connectivity index (χ4n) is 2.29. The van der Waals surface area contributed by atoms with E-state index in [1.54, 1.807) is 24.3 Å². The molecule has 6 heteroatoms. The van der Waals surface area contributed by atoms with E-state index in [4.69, 9.17) is 0 Å². The van der Waals surface area contributed by atoms with E-state index in [1.807, 2.05) is 6.92 Å². The zero-order valence-electron chi connectivity index (χ0n) is 10.7. The Bertz CT molecular complexity index is 566. The highest BCUT2D eigenvalue weighted by atomic mass is 32.2. The Hall–Kier alpha value is -0.850. The van der Waals surface area contributed by atoms with Crippen molar-refractivity contribution in [3.8, 4) is 0 Å². The zero-order valence-corrected chi connectivity index (χ0v) is 12.5. The van der Waals surface area contributed by atoms with Crippen LogP contribution in [0.25, 0.3) is 0 Å². The summed E-state index contributed by atoms with van der Waals surface area (Å²) in [4.78, 5) is 11.7. The van der Waals surface area contributed by atoms with Crippen LogP contribution in [0, 0.1) is 6.92 Å². The molecule has 0 radical (unpaired) electrons. The van der Waals surface area contributed by atoms with Crippen molar-refractivity contribution >= 4 is 27.8 Å². The van der Waals surface area contributed by atoms with Gasteiger partial charge in [-0.15, -0.1) is 12.6 Å². The molecule has 19 heavy (non-hydrogen) atoms. The molecule has 0 spiro atoms. The number of hydrogen-bond acceptors (Lipinski definition) is 3. The molecule has 0 amide bonds. The molecule has 0 aliphatic carbocycles. The van der Waals surface area contributed by atoms with Crippen LogP contribution in [0.1, 0.15) is 24.8 Å². The lowest BCUT2D eigenvalue weighted by Gasteiger charge is -2.32. The van der Waals surface area contributed by atoms with Crippen molar-refractivity contribution in [3.63, 3.8) is 0 Å². The van der Waals surface area contributed by atoms with Crippen molar-refractivity contribution in [2.75, 3.05) is 6.54 Å². The molecular weight excluding hydrogens is 282 g/mol. The summed E-state index contributed by atoms with van der Waals surface area (Å²) < 4.78 is 26.4. The van der Waals surface area contributed by atoms with Crippen LogP contribution in [0.2, 0.25) is 0 Å². The topological polar surface area (TPSA) is 54.5 Å². The number of thiol groups is 1. The maximum Gasteiger partial charge on any atom is 0.243 e. The predicted molar refractivity (Wildman–Crippen MR) is 76.7 cm³/mol. The largest absolute Gasteiger partial charge is 0.286 e. The van der Waals surface area contributed by atoms with E-state index in [0.717, 1.165) is 18.4 Å². The third-order valence-corrected chi connectivity index (χ3v) is 5.59. The van der Waals surface area contributed by atoms with Gasteiger partial charge in [0, 0.05) is 6.54 Å². The Morgan fingerprint density at radius 2 is 1.89 bits per heavy atom. The van der Waals surface area contributed by atoms with Crippen LogP contribution in [0.3, 0.4) is 0 Å². The van der Waals surface area contributed by atoms with Crippen molar-refractivity contribution in [2.24, 2.45) is 0 Å². The predicted octanol–water partition coefficient (Wildman–Crippen LogP) is 1.99. The molecule has 1 aromatic carbocycles. The summed E-state index contributed by atoms with van der Waals surface area (Å²) in [5, 5.41) is -0.379. The van der Waals surface area contributed by atoms with Gasteiger partial charge in [-0.1, -0.05) is 24.1 Å². The number of aryl methyl sites for hydroxylation is 1. The Kier molecular flexibility index (Phi) is 4.32. The number of benzene rings is 1. The molecule has 1 unspecified atom stereocenters. The van der Waals surface area contributed by atoms with Crippen molar-refractivity contribution in [2.45, 2.75) is 37.1 Å². The lowest BCUT2D eigenvalue weighted by Crippen LogP contribution is -2.46. The summed E-state index contributed by atoms with van der Waals surface area (Å²) in [5.74, 6) is 0. The Balaban J connectivity index is 2.37. The molecule has 1 heterocycles. The Morgan fingerprint density at radius 3 is 2.47 bits per heavy atom. The maximum atomic E-state index is 12.6. The third kappa shape index (κ3) is 3.01. The lowest BCUT2D eigenvalue weighted by molar-refractivity contribution is -0.114. The number of carbonyl (C=O) groups is 1. The van der Waals surface area contributed by atoms with E-state index in [9.17, 15) is 13.2 Å². The molecule has 1 atom stereocenters. The van der Waals surface area contributed by atoms with Crippen molar-refractivity contribution in [3.05, 3.63) is 29.8 Å². The molecule has 4 nitrogen and oxygen atoms in total.